The molecule has 2 unspecified atom stereocenters. The average Bonchev–Trinajstić information content (AvgIpc) is 2.12. The van der Waals surface area contributed by atoms with E-state index < -0.39 is 24.6 Å². The summed E-state index contributed by atoms with van der Waals surface area (Å²) in [5.74, 6) is -3.31. The molecule has 0 saturated carbocycles. The van der Waals surface area contributed by atoms with Gasteiger partial charge in [-0.25, -0.2) is 0 Å². The first-order valence-electron chi connectivity index (χ1n) is 4.94. The molecule has 0 amide bonds. The van der Waals surface area contributed by atoms with Crippen molar-refractivity contribution >= 4 is 17.7 Å². The lowest BCUT2D eigenvalue weighted by molar-refractivity contribution is -0.196. The van der Waals surface area contributed by atoms with Crippen LogP contribution in [-0.4, -0.2) is 52.8 Å². The summed E-state index contributed by atoms with van der Waals surface area (Å²) < 4.78 is 37.2. The molecule has 16 heavy (non-hydrogen) atoms. The van der Waals surface area contributed by atoms with E-state index in [0.29, 0.717) is 13.1 Å². The molecule has 0 aromatic rings. The Kier molecular flexibility index (Phi) is 4.49. The Labute approximate surface area is 96.0 Å². The van der Waals surface area contributed by atoms with Crippen LogP contribution in [0.4, 0.5) is 13.2 Å². The summed E-state index contributed by atoms with van der Waals surface area (Å²) >= 11 is 1.69. The summed E-state index contributed by atoms with van der Waals surface area (Å²) in [5, 5.41) is 8.81. The van der Waals surface area contributed by atoms with E-state index in [0.717, 1.165) is 5.75 Å². The van der Waals surface area contributed by atoms with Gasteiger partial charge in [0, 0.05) is 30.6 Å². The highest BCUT2D eigenvalue weighted by Gasteiger charge is 2.46. The number of hydrogen-bond donors (Lipinski definition) is 1. The van der Waals surface area contributed by atoms with Gasteiger partial charge in [0.1, 0.15) is 0 Å². The predicted octanol–water partition coefficient (Wildman–Crippen LogP) is 1.69. The zero-order valence-corrected chi connectivity index (χ0v) is 9.64. The van der Waals surface area contributed by atoms with Gasteiger partial charge in [0.15, 0.2) is 5.92 Å². The highest BCUT2D eigenvalue weighted by atomic mass is 32.2. The normalized spacial score (nSPS) is 25.4. The molecule has 0 aromatic carbocycles. The minimum Gasteiger partial charge on any atom is -0.481 e. The Balaban J connectivity index is 2.58. The molecule has 0 radical (unpaired) electrons. The molecule has 1 N–H and O–H groups in total. The van der Waals surface area contributed by atoms with Gasteiger partial charge < -0.3 is 10.0 Å². The topological polar surface area (TPSA) is 40.5 Å². The Morgan fingerprint density at radius 3 is 2.69 bits per heavy atom. The fourth-order valence-corrected chi connectivity index (χ4v) is 2.72. The number of carbonyl (C=O) groups is 1. The summed E-state index contributed by atoms with van der Waals surface area (Å²) in [6, 6.07) is 0. The van der Waals surface area contributed by atoms with Gasteiger partial charge in [-0.05, 0) is 0 Å². The quantitative estimate of drug-likeness (QED) is 0.835. The molecule has 94 valence electrons. The lowest BCUT2D eigenvalue weighted by atomic mass is 10.1. The number of carboxylic acids is 1. The van der Waals surface area contributed by atoms with Crippen LogP contribution in [-0.2, 0) is 4.79 Å². The summed E-state index contributed by atoms with van der Waals surface area (Å²) in [4.78, 5) is 12.1. The van der Waals surface area contributed by atoms with Gasteiger partial charge in [0.2, 0.25) is 0 Å². The standard InChI is InChI=1S/C9H14F3NO2S/c1-6-4-13(2-3-16-6)5-7(8(14)15)9(10,11)12/h6-7H,2-5H2,1H3,(H,14,15). The number of halogens is 3. The molecule has 3 nitrogen and oxygen atoms in total. The smallest absolute Gasteiger partial charge is 0.403 e. The van der Waals surface area contributed by atoms with Crippen LogP contribution in [0.1, 0.15) is 6.92 Å². The maximum Gasteiger partial charge on any atom is 0.403 e. The summed E-state index contributed by atoms with van der Waals surface area (Å²) in [6.07, 6.45) is -4.67. The Bertz CT molecular complexity index is 260. The number of carboxylic acid groups (broad SMARTS) is 1. The van der Waals surface area contributed by atoms with Gasteiger partial charge >= 0.3 is 12.1 Å². The second kappa shape index (κ2) is 5.27. The lowest BCUT2D eigenvalue weighted by Gasteiger charge is -2.32. The molecule has 0 aliphatic carbocycles. The van der Waals surface area contributed by atoms with E-state index in [4.69, 9.17) is 5.11 Å². The van der Waals surface area contributed by atoms with Crippen LogP contribution >= 0.6 is 11.8 Å². The van der Waals surface area contributed by atoms with Crippen molar-refractivity contribution in [2.75, 3.05) is 25.4 Å². The average molecular weight is 257 g/mol. The minimum absolute atomic E-state index is 0.261. The molecular formula is C9H14F3NO2S. The zero-order chi connectivity index (χ0) is 12.3. The number of alkyl halides is 3. The van der Waals surface area contributed by atoms with Crippen LogP contribution in [0.3, 0.4) is 0 Å². The molecule has 1 saturated heterocycles. The first kappa shape index (κ1) is 13.6. The van der Waals surface area contributed by atoms with E-state index >= 15 is 0 Å². The molecule has 0 spiro atoms. The van der Waals surface area contributed by atoms with E-state index in [9.17, 15) is 18.0 Å². The molecule has 0 bridgehead atoms. The van der Waals surface area contributed by atoms with Gasteiger partial charge in [-0.3, -0.25) is 4.79 Å². The first-order chi connectivity index (χ1) is 7.30. The molecule has 0 aromatic heterocycles. The number of thioether (sulfide) groups is 1. The predicted molar refractivity (Wildman–Crippen MR) is 55.5 cm³/mol. The first-order valence-corrected chi connectivity index (χ1v) is 5.99. The molecule has 1 rings (SSSR count). The molecule has 7 heteroatoms. The van der Waals surface area contributed by atoms with E-state index in [1.807, 2.05) is 6.92 Å². The van der Waals surface area contributed by atoms with Crippen LogP contribution in [0.15, 0.2) is 0 Å². The molecule has 1 aliphatic rings. The van der Waals surface area contributed by atoms with Crippen molar-refractivity contribution in [3.8, 4) is 0 Å². The van der Waals surface area contributed by atoms with Crippen LogP contribution in [0.2, 0.25) is 0 Å². The molecule has 1 heterocycles. The molecule has 1 aliphatic heterocycles. The van der Waals surface area contributed by atoms with Crippen molar-refractivity contribution in [1.29, 1.82) is 0 Å². The fraction of sp³-hybridized carbons (Fsp3) is 0.889. The van der Waals surface area contributed by atoms with E-state index in [-0.39, 0.29) is 5.25 Å². The summed E-state index contributed by atoms with van der Waals surface area (Å²) in [6.45, 7) is 2.53. The van der Waals surface area contributed by atoms with Crippen molar-refractivity contribution in [3.63, 3.8) is 0 Å². The number of hydrogen-bond acceptors (Lipinski definition) is 3. The lowest BCUT2D eigenvalue weighted by Crippen LogP contribution is -2.45. The van der Waals surface area contributed by atoms with E-state index in [1.165, 1.54) is 0 Å². The third-order valence-corrected chi connectivity index (χ3v) is 3.60. The van der Waals surface area contributed by atoms with E-state index in [2.05, 4.69) is 0 Å². The van der Waals surface area contributed by atoms with Crippen molar-refractivity contribution in [2.45, 2.75) is 18.3 Å². The minimum atomic E-state index is -4.67. The van der Waals surface area contributed by atoms with Crippen LogP contribution < -0.4 is 0 Å². The van der Waals surface area contributed by atoms with Crippen molar-refractivity contribution in [2.24, 2.45) is 5.92 Å². The Morgan fingerprint density at radius 2 is 2.25 bits per heavy atom. The second-order valence-electron chi connectivity index (χ2n) is 3.87. The third kappa shape index (κ3) is 3.86. The maximum atomic E-state index is 12.4. The summed E-state index contributed by atoms with van der Waals surface area (Å²) in [7, 11) is 0. The van der Waals surface area contributed by atoms with Gasteiger partial charge in [-0.15, -0.1) is 0 Å². The Hall–Kier alpha value is -0.430. The number of aliphatic carboxylic acids is 1. The molecule has 2 atom stereocenters. The van der Waals surface area contributed by atoms with E-state index in [1.54, 1.807) is 16.7 Å². The van der Waals surface area contributed by atoms with Gasteiger partial charge in [0.25, 0.3) is 0 Å². The molecule has 1 fully saturated rings. The maximum absolute atomic E-state index is 12.4. The SMILES string of the molecule is CC1CN(CC(C(=O)O)C(F)(F)F)CCS1. The Morgan fingerprint density at radius 1 is 1.62 bits per heavy atom. The van der Waals surface area contributed by atoms with Crippen molar-refractivity contribution in [3.05, 3.63) is 0 Å². The third-order valence-electron chi connectivity index (χ3n) is 2.46. The highest BCUT2D eigenvalue weighted by Crippen LogP contribution is 2.28. The van der Waals surface area contributed by atoms with Gasteiger partial charge in [-0.1, -0.05) is 6.92 Å². The van der Waals surface area contributed by atoms with Gasteiger partial charge in [0.05, 0.1) is 0 Å². The number of nitrogens with zero attached hydrogens (tertiary/aromatic N) is 1. The van der Waals surface area contributed by atoms with Crippen LogP contribution in [0.5, 0.6) is 0 Å². The van der Waals surface area contributed by atoms with Crippen molar-refractivity contribution < 1.29 is 23.1 Å². The largest absolute Gasteiger partial charge is 0.481 e. The fourth-order valence-electron chi connectivity index (χ4n) is 1.64. The van der Waals surface area contributed by atoms with Crippen LogP contribution in [0, 0.1) is 5.92 Å². The number of rotatable bonds is 3. The summed E-state index contributed by atoms with van der Waals surface area (Å²) in [5.41, 5.74) is 0. The second-order valence-corrected chi connectivity index (χ2v) is 5.42. The van der Waals surface area contributed by atoms with Gasteiger partial charge in [-0.2, -0.15) is 24.9 Å². The van der Waals surface area contributed by atoms with Crippen molar-refractivity contribution in [1.82, 2.24) is 4.90 Å². The van der Waals surface area contributed by atoms with Crippen LogP contribution in [0.25, 0.3) is 0 Å². The highest BCUT2D eigenvalue weighted by molar-refractivity contribution is 7.99. The monoisotopic (exact) mass is 257 g/mol. The zero-order valence-electron chi connectivity index (χ0n) is 8.83. The molecular weight excluding hydrogens is 243 g/mol.